The van der Waals surface area contributed by atoms with Gasteiger partial charge in [-0.3, -0.25) is 14.5 Å². The number of amides is 2. The number of nitrogens with zero attached hydrogens (tertiary/aromatic N) is 2. The Bertz CT molecular complexity index is 1660. The summed E-state index contributed by atoms with van der Waals surface area (Å²) in [7, 11) is 3.24. The molecule has 1 aromatic heterocycles. The summed E-state index contributed by atoms with van der Waals surface area (Å²) < 4.78 is 10.7. The quantitative estimate of drug-likeness (QED) is 0.112. The largest absolute Gasteiger partial charge is 0.493 e. The maximum atomic E-state index is 13.9. The minimum atomic E-state index is -0.938. The molecule has 3 aromatic carbocycles. The SMILES string of the molecule is COc1ccc(CCNCCCN2C(=O)c3c(cc(N)c4[nH]c(-c5cccc(CCN)c5)nc34)C(C)(C)C2=O)cc1OC. The van der Waals surface area contributed by atoms with E-state index in [0.717, 1.165) is 36.1 Å². The Morgan fingerprint density at radius 2 is 1.74 bits per heavy atom. The van der Waals surface area contributed by atoms with Gasteiger partial charge in [0.15, 0.2) is 11.5 Å². The Hall–Kier alpha value is -4.41. The van der Waals surface area contributed by atoms with Gasteiger partial charge in [0, 0.05) is 12.1 Å². The first-order valence-corrected chi connectivity index (χ1v) is 14.6. The zero-order chi connectivity index (χ0) is 30.7. The molecule has 4 aromatic rings. The van der Waals surface area contributed by atoms with Crippen LogP contribution in [0.15, 0.2) is 48.5 Å². The lowest BCUT2D eigenvalue weighted by Gasteiger charge is -2.37. The van der Waals surface area contributed by atoms with Gasteiger partial charge in [-0.1, -0.05) is 24.3 Å². The Labute approximate surface area is 251 Å². The smallest absolute Gasteiger partial charge is 0.263 e. The predicted octanol–water partition coefficient (Wildman–Crippen LogP) is 3.81. The summed E-state index contributed by atoms with van der Waals surface area (Å²) in [4.78, 5) is 37.0. The van der Waals surface area contributed by atoms with E-state index in [2.05, 4.69) is 10.3 Å². The summed E-state index contributed by atoms with van der Waals surface area (Å²) in [6, 6.07) is 15.6. The molecule has 226 valence electrons. The molecule has 1 aliphatic rings. The number of aromatic nitrogens is 2. The highest BCUT2D eigenvalue weighted by atomic mass is 16.5. The number of hydrogen-bond donors (Lipinski definition) is 4. The molecule has 6 N–H and O–H groups in total. The number of anilines is 1. The first kappa shape index (κ1) is 30.1. The third kappa shape index (κ3) is 5.80. The van der Waals surface area contributed by atoms with Crippen molar-refractivity contribution in [1.29, 1.82) is 0 Å². The minimum Gasteiger partial charge on any atom is -0.493 e. The zero-order valence-electron chi connectivity index (χ0n) is 25.3. The van der Waals surface area contributed by atoms with Gasteiger partial charge in [0.2, 0.25) is 5.91 Å². The van der Waals surface area contributed by atoms with Gasteiger partial charge in [-0.05, 0) is 93.7 Å². The highest BCUT2D eigenvalue weighted by Crippen LogP contribution is 2.40. The van der Waals surface area contributed by atoms with Crippen LogP contribution in [0.3, 0.4) is 0 Å². The maximum absolute atomic E-state index is 13.9. The van der Waals surface area contributed by atoms with Crippen LogP contribution in [0.2, 0.25) is 0 Å². The zero-order valence-corrected chi connectivity index (χ0v) is 25.3. The molecule has 0 radical (unpaired) electrons. The van der Waals surface area contributed by atoms with Crippen LogP contribution in [0.4, 0.5) is 5.69 Å². The molecule has 0 aliphatic carbocycles. The van der Waals surface area contributed by atoms with E-state index in [1.165, 1.54) is 4.90 Å². The highest BCUT2D eigenvalue weighted by Gasteiger charge is 2.46. The number of carbonyl (C=O) groups is 2. The standard InChI is InChI=1S/C33H40N6O4/c1-33(2)23-19-24(35)28-29(38-30(37-28)22-8-5-7-20(17-22)11-13-34)27(23)31(40)39(32(33)41)16-6-14-36-15-12-21-9-10-25(42-3)26(18-21)43-4/h5,7-10,17-19,36H,6,11-16,34-35H2,1-4H3,(H,37,38). The second-order valence-electron chi connectivity index (χ2n) is 11.4. The fourth-order valence-corrected chi connectivity index (χ4v) is 5.72. The first-order chi connectivity index (χ1) is 20.7. The molecule has 0 spiro atoms. The van der Waals surface area contributed by atoms with E-state index in [1.54, 1.807) is 20.3 Å². The number of nitrogens with two attached hydrogens (primary N) is 2. The van der Waals surface area contributed by atoms with Gasteiger partial charge in [0.1, 0.15) is 11.3 Å². The fourth-order valence-electron chi connectivity index (χ4n) is 5.72. The van der Waals surface area contributed by atoms with Crippen LogP contribution >= 0.6 is 0 Å². The lowest BCUT2D eigenvalue weighted by Crippen LogP contribution is -2.52. The number of nitrogens with one attached hydrogen (secondary N) is 2. The van der Waals surface area contributed by atoms with Crippen LogP contribution in [0.25, 0.3) is 22.4 Å². The third-order valence-corrected chi connectivity index (χ3v) is 8.12. The summed E-state index contributed by atoms with van der Waals surface area (Å²) in [5.41, 5.74) is 16.9. The number of hydrogen-bond acceptors (Lipinski definition) is 8. The van der Waals surface area contributed by atoms with Crippen molar-refractivity contribution in [2.75, 3.05) is 46.1 Å². The molecule has 10 nitrogen and oxygen atoms in total. The molecular weight excluding hydrogens is 544 g/mol. The second kappa shape index (κ2) is 12.4. The predicted molar refractivity (Wildman–Crippen MR) is 169 cm³/mol. The summed E-state index contributed by atoms with van der Waals surface area (Å²) in [5, 5.41) is 3.42. The third-order valence-electron chi connectivity index (χ3n) is 8.12. The molecule has 1 aliphatic heterocycles. The van der Waals surface area contributed by atoms with Crippen LogP contribution < -0.4 is 26.3 Å². The number of ether oxygens (including phenoxy) is 2. The molecule has 10 heteroatoms. The van der Waals surface area contributed by atoms with Crippen molar-refractivity contribution in [1.82, 2.24) is 20.2 Å². The summed E-state index contributed by atoms with van der Waals surface area (Å²) in [6.45, 7) is 5.92. The Balaban J connectivity index is 1.31. The summed E-state index contributed by atoms with van der Waals surface area (Å²) >= 11 is 0. The highest BCUT2D eigenvalue weighted by molar-refractivity contribution is 6.19. The lowest BCUT2D eigenvalue weighted by molar-refractivity contribution is -0.134. The van der Waals surface area contributed by atoms with Crippen LogP contribution in [-0.4, -0.2) is 67.1 Å². The van der Waals surface area contributed by atoms with Gasteiger partial charge in [-0.25, -0.2) is 4.98 Å². The first-order valence-electron chi connectivity index (χ1n) is 14.6. The average molecular weight is 585 g/mol. The van der Waals surface area contributed by atoms with E-state index in [-0.39, 0.29) is 11.8 Å². The lowest BCUT2D eigenvalue weighted by atomic mass is 9.76. The van der Waals surface area contributed by atoms with Crippen LogP contribution in [0.5, 0.6) is 11.5 Å². The topological polar surface area (TPSA) is 149 Å². The minimum absolute atomic E-state index is 0.237. The van der Waals surface area contributed by atoms with Gasteiger partial charge in [-0.2, -0.15) is 0 Å². The number of aromatic amines is 1. The molecule has 5 rings (SSSR count). The van der Waals surface area contributed by atoms with Crippen molar-refractivity contribution in [3.63, 3.8) is 0 Å². The van der Waals surface area contributed by atoms with E-state index >= 15 is 0 Å². The van der Waals surface area contributed by atoms with Gasteiger partial charge >= 0.3 is 0 Å². The number of nitrogen functional groups attached to an aromatic ring is 1. The van der Waals surface area contributed by atoms with Crippen LogP contribution in [0.1, 0.15) is 47.3 Å². The molecular formula is C33H40N6O4. The molecule has 2 amide bonds. The number of benzene rings is 3. The van der Waals surface area contributed by atoms with E-state index < -0.39 is 5.41 Å². The number of imide groups is 1. The van der Waals surface area contributed by atoms with Crippen molar-refractivity contribution in [2.45, 2.75) is 38.5 Å². The second-order valence-corrected chi connectivity index (χ2v) is 11.4. The van der Waals surface area contributed by atoms with Crippen molar-refractivity contribution in [3.8, 4) is 22.9 Å². The van der Waals surface area contributed by atoms with Gasteiger partial charge in [0.05, 0.1) is 36.4 Å². The molecule has 0 fully saturated rings. The number of methoxy groups -OCH3 is 2. The van der Waals surface area contributed by atoms with Crippen LogP contribution in [0, 0.1) is 0 Å². The van der Waals surface area contributed by atoms with Crippen molar-refractivity contribution in [3.05, 3.63) is 70.8 Å². The molecule has 0 atom stereocenters. The molecule has 0 unspecified atom stereocenters. The number of H-pyrrole nitrogens is 1. The van der Waals surface area contributed by atoms with Crippen molar-refractivity contribution >= 4 is 28.5 Å². The molecule has 0 saturated heterocycles. The maximum Gasteiger partial charge on any atom is 0.263 e. The normalized spacial score (nSPS) is 14.3. The Kier molecular flexibility index (Phi) is 8.70. The van der Waals surface area contributed by atoms with E-state index in [0.29, 0.717) is 71.2 Å². The number of imidazole rings is 1. The average Bonchev–Trinajstić information content (AvgIpc) is 3.46. The molecule has 43 heavy (non-hydrogen) atoms. The molecule has 0 bridgehead atoms. The number of fused-ring (bicyclic) bond motifs is 3. The Morgan fingerprint density at radius 3 is 2.49 bits per heavy atom. The van der Waals surface area contributed by atoms with Gasteiger partial charge in [0.25, 0.3) is 5.91 Å². The fraction of sp³-hybridized carbons (Fsp3) is 0.364. The molecule has 2 heterocycles. The summed E-state index contributed by atoms with van der Waals surface area (Å²) in [6.07, 6.45) is 2.17. The van der Waals surface area contributed by atoms with Gasteiger partial charge < -0.3 is 31.2 Å². The van der Waals surface area contributed by atoms with E-state index in [1.807, 2.05) is 56.3 Å². The Morgan fingerprint density at radius 1 is 0.977 bits per heavy atom. The summed E-state index contributed by atoms with van der Waals surface area (Å²) in [5.74, 6) is 1.43. The van der Waals surface area contributed by atoms with Crippen molar-refractivity contribution in [2.24, 2.45) is 5.73 Å². The monoisotopic (exact) mass is 584 g/mol. The van der Waals surface area contributed by atoms with Gasteiger partial charge in [-0.15, -0.1) is 0 Å². The molecule has 0 saturated carbocycles. The van der Waals surface area contributed by atoms with Crippen LogP contribution in [-0.2, 0) is 23.1 Å². The number of rotatable bonds is 12. The number of carbonyl (C=O) groups excluding carboxylic acids is 2. The van der Waals surface area contributed by atoms with Crippen molar-refractivity contribution < 1.29 is 19.1 Å². The van der Waals surface area contributed by atoms with E-state index in [4.69, 9.17) is 25.9 Å². The van der Waals surface area contributed by atoms with E-state index in [9.17, 15) is 9.59 Å².